The Hall–Kier alpha value is -7.36. The maximum atomic E-state index is 2.47. The average Bonchev–Trinajstić information content (AvgIpc) is 3.90. The Balaban J connectivity index is 1.01. The van der Waals surface area contributed by atoms with E-state index in [1.165, 1.54) is 88.2 Å². The molecule has 12 rings (SSSR count). The third kappa shape index (κ3) is 4.32. The van der Waals surface area contributed by atoms with Crippen LogP contribution in [-0.4, -0.2) is 13.7 Å². The first-order valence-corrected chi connectivity index (χ1v) is 18.9. The van der Waals surface area contributed by atoms with E-state index in [2.05, 4.69) is 214 Å². The highest BCUT2D eigenvalue weighted by atomic mass is 15.0. The summed E-state index contributed by atoms with van der Waals surface area (Å²) in [6, 6.07) is 70.7. The Kier molecular flexibility index (Phi) is 6.34. The van der Waals surface area contributed by atoms with Gasteiger partial charge in [0.2, 0.25) is 0 Å². The van der Waals surface area contributed by atoms with Crippen LogP contribution in [0.5, 0.6) is 0 Å². The molecule has 3 nitrogen and oxygen atoms in total. The minimum atomic E-state index is 1.14. The fourth-order valence-electron chi connectivity index (χ4n) is 9.27. The number of fused-ring (bicyclic) bond motifs is 10. The van der Waals surface area contributed by atoms with E-state index in [9.17, 15) is 0 Å². The Morgan fingerprint density at radius 3 is 1.45 bits per heavy atom. The zero-order valence-electron chi connectivity index (χ0n) is 29.9. The number of hydrogen-bond acceptors (Lipinski definition) is 0. The maximum Gasteiger partial charge on any atom is 0.0641 e. The Morgan fingerprint density at radius 1 is 0.291 bits per heavy atom. The molecule has 0 bridgehead atoms. The molecule has 11 aromatic rings. The molecule has 0 spiro atoms. The summed E-state index contributed by atoms with van der Waals surface area (Å²) in [7, 11) is 0. The summed E-state index contributed by atoms with van der Waals surface area (Å²) in [6.07, 6.45) is 2.37. The van der Waals surface area contributed by atoms with E-state index in [0.29, 0.717) is 0 Å². The summed E-state index contributed by atoms with van der Waals surface area (Å²) in [4.78, 5) is 0. The molecule has 0 fully saturated rings. The van der Waals surface area contributed by atoms with Crippen molar-refractivity contribution in [3.8, 4) is 61.7 Å². The first-order chi connectivity index (χ1) is 27.3. The zero-order valence-corrected chi connectivity index (χ0v) is 29.9. The van der Waals surface area contributed by atoms with E-state index in [1.54, 1.807) is 0 Å². The fourth-order valence-corrected chi connectivity index (χ4v) is 9.27. The van der Waals surface area contributed by atoms with Gasteiger partial charge in [0.15, 0.2) is 0 Å². The first kappa shape index (κ1) is 30.1. The van der Waals surface area contributed by atoms with Gasteiger partial charge in [-0.05, 0) is 88.5 Å². The van der Waals surface area contributed by atoms with Crippen molar-refractivity contribution in [1.29, 1.82) is 0 Å². The predicted octanol–water partition coefficient (Wildman–Crippen LogP) is 13.7. The lowest BCUT2D eigenvalue weighted by Crippen LogP contribution is -1.97. The van der Waals surface area contributed by atoms with Gasteiger partial charge in [-0.2, -0.15) is 0 Å². The molecule has 0 saturated heterocycles. The number of nitrogens with zero attached hydrogens (tertiary/aromatic N) is 3. The summed E-state index contributed by atoms with van der Waals surface area (Å²) in [6.45, 7) is 0. The van der Waals surface area contributed by atoms with E-state index in [-0.39, 0.29) is 0 Å². The van der Waals surface area contributed by atoms with Gasteiger partial charge in [-0.3, -0.25) is 0 Å². The largest absolute Gasteiger partial charge is 0.316 e. The Morgan fingerprint density at radius 2 is 0.782 bits per heavy atom. The summed E-state index contributed by atoms with van der Waals surface area (Å²) in [5, 5.41) is 5.09. The number of hydrogen-bond donors (Lipinski definition) is 0. The highest BCUT2D eigenvalue weighted by molar-refractivity contribution is 6.19. The maximum absolute atomic E-state index is 2.47. The molecule has 1 aliphatic carbocycles. The van der Waals surface area contributed by atoms with Crippen LogP contribution in [0, 0.1) is 0 Å². The van der Waals surface area contributed by atoms with Crippen molar-refractivity contribution in [2.75, 3.05) is 0 Å². The lowest BCUT2D eigenvalue weighted by atomic mass is 9.94. The van der Waals surface area contributed by atoms with Crippen molar-refractivity contribution in [2.45, 2.75) is 0 Å². The third-order valence-electron chi connectivity index (χ3n) is 11.6. The quantitative estimate of drug-likeness (QED) is 0.174. The Labute approximate surface area is 318 Å². The van der Waals surface area contributed by atoms with Crippen LogP contribution in [-0.2, 0) is 0 Å². The zero-order chi connectivity index (χ0) is 36.0. The lowest BCUT2D eigenvalue weighted by Gasteiger charge is -2.12. The lowest BCUT2D eigenvalue weighted by molar-refractivity contribution is 1.11. The number of para-hydroxylation sites is 4. The second-order valence-electron chi connectivity index (χ2n) is 14.5. The van der Waals surface area contributed by atoms with Crippen molar-refractivity contribution < 1.29 is 0 Å². The fraction of sp³-hybridized carbons (Fsp3) is 0. The Bertz CT molecular complexity index is 3230. The van der Waals surface area contributed by atoms with E-state index < -0.39 is 0 Å². The topological polar surface area (TPSA) is 14.8 Å². The van der Waals surface area contributed by atoms with Crippen LogP contribution >= 0.6 is 0 Å². The molecule has 0 saturated carbocycles. The van der Waals surface area contributed by atoms with E-state index in [1.807, 2.05) is 0 Å². The van der Waals surface area contributed by atoms with Crippen molar-refractivity contribution in [2.24, 2.45) is 0 Å². The van der Waals surface area contributed by atoms with Crippen LogP contribution < -0.4 is 0 Å². The molecule has 3 heteroatoms. The molecule has 0 atom stereocenters. The second kappa shape index (κ2) is 11.6. The van der Waals surface area contributed by atoms with Gasteiger partial charge in [0.25, 0.3) is 0 Å². The van der Waals surface area contributed by atoms with Gasteiger partial charge in [-0.25, -0.2) is 0 Å². The van der Waals surface area contributed by atoms with E-state index >= 15 is 0 Å². The highest BCUT2D eigenvalue weighted by Crippen LogP contribution is 2.52. The standard InChI is InChI=1S/C52H33N3/c1-2-13-37(14-3-1)55-48-23-11-8-19-44(48)51-43-18-5-4-15-39(43)42-20-12-24-49-50(42)45(52(51)55)33-53(49)36-29-25-34(26-30-36)35-27-31-38(32-28-35)54-46-21-9-6-16-40(46)41-17-7-10-22-47(41)54/h1-33H. The van der Waals surface area contributed by atoms with Crippen LogP contribution in [0.1, 0.15) is 0 Å². The minimum absolute atomic E-state index is 1.14. The van der Waals surface area contributed by atoms with Gasteiger partial charge in [-0.1, -0.05) is 133 Å². The van der Waals surface area contributed by atoms with Gasteiger partial charge >= 0.3 is 0 Å². The second-order valence-corrected chi connectivity index (χ2v) is 14.5. The molecule has 8 aromatic carbocycles. The average molecular weight is 700 g/mol. The van der Waals surface area contributed by atoms with Crippen molar-refractivity contribution in [1.82, 2.24) is 13.7 Å². The van der Waals surface area contributed by atoms with Gasteiger partial charge in [0, 0.05) is 55.9 Å². The normalized spacial score (nSPS) is 12.0. The summed E-state index contributed by atoms with van der Waals surface area (Å²) in [5.74, 6) is 0. The van der Waals surface area contributed by atoms with Crippen molar-refractivity contribution in [3.05, 3.63) is 200 Å². The van der Waals surface area contributed by atoms with Crippen molar-refractivity contribution >= 4 is 43.6 Å². The van der Waals surface area contributed by atoms with Crippen LogP contribution in [0.4, 0.5) is 0 Å². The van der Waals surface area contributed by atoms with Crippen LogP contribution in [0.2, 0.25) is 0 Å². The molecule has 0 amide bonds. The van der Waals surface area contributed by atoms with Gasteiger partial charge < -0.3 is 13.7 Å². The molecule has 1 aliphatic rings. The van der Waals surface area contributed by atoms with Crippen LogP contribution in [0.3, 0.4) is 0 Å². The highest BCUT2D eigenvalue weighted by Gasteiger charge is 2.30. The SMILES string of the molecule is c1ccc(-n2c3c(c4ccccc42)-c2ccccc2-c2cccc4c2c-3cn4-c2ccc(-c3ccc(-n4c5ccccc5c5ccccc54)cc3)cc2)cc1. The molecule has 0 unspecified atom stereocenters. The molecule has 256 valence electrons. The van der Waals surface area contributed by atoms with Gasteiger partial charge in [0.1, 0.15) is 0 Å². The first-order valence-electron chi connectivity index (χ1n) is 18.9. The molecular formula is C52H33N3. The molecule has 0 N–H and O–H groups in total. The summed E-state index contributed by atoms with van der Waals surface area (Å²) in [5.41, 5.74) is 18.2. The minimum Gasteiger partial charge on any atom is -0.316 e. The summed E-state index contributed by atoms with van der Waals surface area (Å²) >= 11 is 0. The van der Waals surface area contributed by atoms with Crippen LogP contribution in [0.15, 0.2) is 200 Å². The van der Waals surface area contributed by atoms with Gasteiger partial charge in [-0.15, -0.1) is 0 Å². The number of rotatable bonds is 4. The van der Waals surface area contributed by atoms with E-state index in [4.69, 9.17) is 0 Å². The molecule has 0 aliphatic heterocycles. The van der Waals surface area contributed by atoms with Gasteiger partial charge in [0.05, 0.1) is 27.8 Å². The molecule has 3 heterocycles. The molecule has 3 aromatic heterocycles. The number of aromatic nitrogens is 3. The molecular weight excluding hydrogens is 667 g/mol. The molecule has 0 radical (unpaired) electrons. The smallest absolute Gasteiger partial charge is 0.0641 e. The van der Waals surface area contributed by atoms with Crippen molar-refractivity contribution in [3.63, 3.8) is 0 Å². The van der Waals surface area contributed by atoms with Crippen LogP contribution in [0.25, 0.3) is 105 Å². The van der Waals surface area contributed by atoms with E-state index in [0.717, 1.165) is 17.1 Å². The monoisotopic (exact) mass is 699 g/mol. The molecule has 55 heavy (non-hydrogen) atoms. The summed E-state index contributed by atoms with van der Waals surface area (Å²) < 4.78 is 7.22. The third-order valence-corrected chi connectivity index (χ3v) is 11.6. The predicted molar refractivity (Wildman–Crippen MR) is 230 cm³/mol. The number of benzene rings is 8.